The summed E-state index contributed by atoms with van der Waals surface area (Å²) in [5.74, 6) is 1.21. The van der Waals surface area contributed by atoms with E-state index in [9.17, 15) is 10.2 Å². The lowest BCUT2D eigenvalue weighted by atomic mass is 9.63. The van der Waals surface area contributed by atoms with E-state index < -0.39 is 11.2 Å². The Hall–Kier alpha value is -0.930. The average molecular weight is 412 g/mol. The molecule has 0 saturated heterocycles. The van der Waals surface area contributed by atoms with Gasteiger partial charge in [0.2, 0.25) is 0 Å². The minimum Gasteiger partial charge on any atom is -0.389 e. The quantitative estimate of drug-likeness (QED) is 0.705. The van der Waals surface area contributed by atoms with Crippen LogP contribution in [0.5, 0.6) is 0 Å². The van der Waals surface area contributed by atoms with Crippen molar-refractivity contribution in [2.75, 3.05) is 0 Å². The molecule has 0 aliphatic heterocycles. The van der Waals surface area contributed by atoms with E-state index in [0.717, 1.165) is 37.1 Å². The summed E-state index contributed by atoms with van der Waals surface area (Å²) >= 11 is 0. The molecule has 3 heteroatoms. The highest BCUT2D eigenvalue weighted by Gasteiger charge is 2.69. The number of nitrogens with zero attached hydrogens (tertiary/aromatic N) is 1. The maximum absolute atomic E-state index is 11.8. The fourth-order valence-corrected chi connectivity index (χ4v) is 8.70. The minimum atomic E-state index is -0.678. The molecule has 1 heterocycles. The summed E-state index contributed by atoms with van der Waals surface area (Å²) in [5.41, 5.74) is 0.859. The van der Waals surface area contributed by atoms with E-state index in [2.05, 4.69) is 59.7 Å². The molecule has 5 rings (SSSR count). The molecule has 3 nitrogen and oxygen atoms in total. The van der Waals surface area contributed by atoms with Gasteiger partial charge in [0.1, 0.15) is 0 Å². The van der Waals surface area contributed by atoms with Crippen molar-refractivity contribution in [3.05, 3.63) is 29.6 Å². The molecule has 4 aliphatic rings. The molecule has 4 aliphatic carbocycles. The van der Waals surface area contributed by atoms with E-state index in [1.165, 1.54) is 12.8 Å². The molecule has 0 spiro atoms. The number of fused-ring (bicyclic) bond motifs is 4. The molecule has 166 valence electrons. The average Bonchev–Trinajstić information content (AvgIpc) is 3.12. The van der Waals surface area contributed by atoms with Crippen molar-refractivity contribution in [3.63, 3.8) is 0 Å². The highest BCUT2D eigenvalue weighted by molar-refractivity contribution is 5.25. The number of hydrogen-bond acceptors (Lipinski definition) is 3. The van der Waals surface area contributed by atoms with Gasteiger partial charge in [-0.15, -0.1) is 0 Å². The Bertz CT molecular complexity index is 810. The summed E-state index contributed by atoms with van der Waals surface area (Å²) in [6.07, 6.45) is 7.72. The van der Waals surface area contributed by atoms with Crippen molar-refractivity contribution in [1.82, 2.24) is 4.98 Å². The zero-order chi connectivity index (χ0) is 21.8. The van der Waals surface area contributed by atoms with E-state index in [4.69, 9.17) is 4.98 Å². The van der Waals surface area contributed by atoms with E-state index in [1.807, 2.05) is 0 Å². The third-order valence-corrected chi connectivity index (χ3v) is 11.9. The van der Waals surface area contributed by atoms with E-state index in [0.29, 0.717) is 24.7 Å². The number of rotatable bonds is 4. The van der Waals surface area contributed by atoms with Crippen molar-refractivity contribution in [2.45, 2.75) is 104 Å². The normalized spacial score (nSPS) is 47.9. The minimum absolute atomic E-state index is 0.0529. The van der Waals surface area contributed by atoms with E-state index in [1.54, 1.807) is 0 Å². The second kappa shape index (κ2) is 5.90. The molecule has 2 unspecified atom stereocenters. The molecule has 4 fully saturated rings. The van der Waals surface area contributed by atoms with Crippen LogP contribution in [-0.4, -0.2) is 26.4 Å². The zero-order valence-corrected chi connectivity index (χ0v) is 19.9. The molecule has 0 aromatic carbocycles. The van der Waals surface area contributed by atoms with Crippen LogP contribution in [0, 0.1) is 33.5 Å². The van der Waals surface area contributed by atoms with Crippen LogP contribution < -0.4 is 0 Å². The van der Waals surface area contributed by atoms with Crippen LogP contribution in [0.25, 0.3) is 0 Å². The van der Waals surface area contributed by atoms with Gasteiger partial charge in [0.15, 0.2) is 0 Å². The van der Waals surface area contributed by atoms with Crippen LogP contribution in [0.1, 0.15) is 91.5 Å². The predicted molar refractivity (Wildman–Crippen MR) is 120 cm³/mol. The smallest absolute Gasteiger partial charge is 0.0764 e. The lowest BCUT2D eigenvalue weighted by Gasteiger charge is -2.46. The van der Waals surface area contributed by atoms with Crippen LogP contribution in [-0.2, 0) is 12.8 Å². The Morgan fingerprint density at radius 2 is 1.17 bits per heavy atom. The summed E-state index contributed by atoms with van der Waals surface area (Å²) in [6, 6.07) is 6.21. The zero-order valence-electron chi connectivity index (χ0n) is 19.9. The molecule has 4 bridgehead atoms. The lowest BCUT2D eigenvalue weighted by Crippen LogP contribution is -2.49. The molecule has 4 saturated carbocycles. The SMILES string of the molecule is CC1(C)[C@@H]2CC[C@@]1(C)C(O)(Cc1cccc(CC3(O)C[C@H]4CC[C@]3(C)C4(C)C)n1)C2. The van der Waals surface area contributed by atoms with Gasteiger partial charge in [0, 0.05) is 35.1 Å². The van der Waals surface area contributed by atoms with Gasteiger partial charge in [-0.05, 0) is 73.3 Å². The molecule has 1 aromatic heterocycles. The number of aliphatic hydroxyl groups is 2. The predicted octanol–water partition coefficient (Wildman–Crippen LogP) is 5.32. The van der Waals surface area contributed by atoms with E-state index in [-0.39, 0.29) is 21.7 Å². The van der Waals surface area contributed by atoms with Gasteiger partial charge in [-0.3, -0.25) is 4.98 Å². The van der Waals surface area contributed by atoms with Crippen LogP contribution in [0.4, 0.5) is 0 Å². The van der Waals surface area contributed by atoms with Crippen molar-refractivity contribution in [3.8, 4) is 0 Å². The van der Waals surface area contributed by atoms with Crippen LogP contribution in [0.3, 0.4) is 0 Å². The fraction of sp³-hybridized carbons (Fsp3) is 0.815. The molecule has 0 radical (unpaired) electrons. The second-order valence-corrected chi connectivity index (χ2v) is 13.0. The molecule has 30 heavy (non-hydrogen) atoms. The monoisotopic (exact) mass is 411 g/mol. The second-order valence-electron chi connectivity index (χ2n) is 13.0. The first-order valence-electron chi connectivity index (χ1n) is 12.2. The Morgan fingerprint density at radius 3 is 1.47 bits per heavy atom. The molecule has 6 atom stereocenters. The highest BCUT2D eigenvalue weighted by atomic mass is 16.3. The van der Waals surface area contributed by atoms with Crippen LogP contribution in [0.15, 0.2) is 18.2 Å². The summed E-state index contributed by atoms with van der Waals surface area (Å²) in [5, 5.41) is 23.5. The van der Waals surface area contributed by atoms with Gasteiger partial charge in [-0.2, -0.15) is 0 Å². The molecule has 1 aromatic rings. The Kier molecular flexibility index (Phi) is 4.12. The highest BCUT2D eigenvalue weighted by Crippen LogP contribution is 2.71. The van der Waals surface area contributed by atoms with Gasteiger partial charge in [0.25, 0.3) is 0 Å². The number of pyridine rings is 1. The van der Waals surface area contributed by atoms with Gasteiger partial charge in [0.05, 0.1) is 11.2 Å². The molecular formula is C27H41NO2. The summed E-state index contributed by atoms with van der Waals surface area (Å²) in [7, 11) is 0. The first kappa shape index (κ1) is 20.9. The summed E-state index contributed by atoms with van der Waals surface area (Å²) in [4.78, 5) is 5.00. The first-order valence-corrected chi connectivity index (χ1v) is 12.2. The van der Waals surface area contributed by atoms with Crippen molar-refractivity contribution in [2.24, 2.45) is 33.5 Å². The standard InChI is InChI=1S/C27H41NO2/c1-22(2)18-10-12-24(22,5)26(29,14-18)16-20-8-7-9-21(28-20)17-27(30)15-19-11-13-25(27,6)23(19,3)4/h7-9,18-19,29-30H,10-17H2,1-6H3/t18-,19-,24-,25-,26?,27?/m1/s1. The number of aromatic nitrogens is 1. The van der Waals surface area contributed by atoms with Gasteiger partial charge < -0.3 is 10.2 Å². The maximum atomic E-state index is 11.8. The third-order valence-electron chi connectivity index (χ3n) is 11.9. The van der Waals surface area contributed by atoms with Crippen molar-refractivity contribution in [1.29, 1.82) is 0 Å². The number of hydrogen-bond donors (Lipinski definition) is 2. The van der Waals surface area contributed by atoms with Crippen molar-refractivity contribution >= 4 is 0 Å². The largest absolute Gasteiger partial charge is 0.389 e. The van der Waals surface area contributed by atoms with Crippen molar-refractivity contribution < 1.29 is 10.2 Å². The van der Waals surface area contributed by atoms with Gasteiger partial charge in [-0.25, -0.2) is 0 Å². The topological polar surface area (TPSA) is 53.4 Å². The van der Waals surface area contributed by atoms with E-state index >= 15 is 0 Å². The molecule has 2 N–H and O–H groups in total. The van der Waals surface area contributed by atoms with Crippen LogP contribution in [0.2, 0.25) is 0 Å². The Balaban J connectivity index is 1.39. The van der Waals surface area contributed by atoms with Gasteiger partial charge >= 0.3 is 0 Å². The molecular weight excluding hydrogens is 370 g/mol. The van der Waals surface area contributed by atoms with Crippen LogP contribution >= 0.6 is 0 Å². The first-order chi connectivity index (χ1) is 13.8. The Morgan fingerprint density at radius 1 is 0.767 bits per heavy atom. The molecule has 0 amide bonds. The lowest BCUT2D eigenvalue weighted by molar-refractivity contribution is -0.0904. The van der Waals surface area contributed by atoms with Gasteiger partial charge in [-0.1, -0.05) is 47.6 Å². The Labute approximate surface area is 182 Å². The summed E-state index contributed by atoms with van der Waals surface area (Å²) in [6.45, 7) is 14.0. The fourth-order valence-electron chi connectivity index (χ4n) is 8.70. The summed E-state index contributed by atoms with van der Waals surface area (Å²) < 4.78 is 0. The maximum Gasteiger partial charge on any atom is 0.0764 e. The third kappa shape index (κ3) is 2.32.